The molecule has 12 heteroatoms. The molecule has 0 radical (unpaired) electrons. The molecule has 2 amide bonds. The van der Waals surface area contributed by atoms with Gasteiger partial charge in [0.1, 0.15) is 0 Å². The van der Waals surface area contributed by atoms with Gasteiger partial charge in [0.05, 0.1) is 21.3 Å². The minimum absolute atomic E-state index is 0.0133. The summed E-state index contributed by atoms with van der Waals surface area (Å²) in [6.45, 7) is 6.97. The number of nitrogens with zero attached hydrogens (tertiary/aromatic N) is 4. The molecule has 0 saturated heterocycles. The molecular weight excluding hydrogens is 492 g/mol. The number of aryl methyl sites for hydroxylation is 2. The third-order valence-corrected chi connectivity index (χ3v) is 5.92. The van der Waals surface area contributed by atoms with E-state index in [9.17, 15) is 29.8 Å². The van der Waals surface area contributed by atoms with Crippen LogP contribution in [0.15, 0.2) is 46.6 Å². The van der Waals surface area contributed by atoms with Gasteiger partial charge in [0.25, 0.3) is 11.4 Å². The number of rotatable bonds is 13. The van der Waals surface area contributed by atoms with Gasteiger partial charge in [0.15, 0.2) is 0 Å². The number of amides is 2. The first-order chi connectivity index (χ1) is 18.1. The highest BCUT2D eigenvalue weighted by Crippen LogP contribution is 2.22. The Labute approximate surface area is 220 Å². The summed E-state index contributed by atoms with van der Waals surface area (Å²) in [7, 11) is 0. The second-order valence-corrected chi connectivity index (χ2v) is 8.58. The standard InChI is InChI=1S/C26H32N6O6/c1-5-19-11-13-21(15-23(19)31(35)36)17(3)27-29-25(33)9-7-8-10-26(34)30-28-18(4)22-14-12-20(6-2)24(16-22)32(37)38/h11-16H,5-10H2,1-4H3,(H,29,33)(H,30,34)/b27-17-,28-18-. The van der Waals surface area contributed by atoms with E-state index in [1.165, 1.54) is 12.1 Å². The highest BCUT2D eigenvalue weighted by atomic mass is 16.6. The van der Waals surface area contributed by atoms with E-state index in [0.29, 0.717) is 59.4 Å². The Morgan fingerprint density at radius 3 is 1.42 bits per heavy atom. The Bertz CT molecular complexity index is 1170. The van der Waals surface area contributed by atoms with Crippen molar-refractivity contribution in [1.29, 1.82) is 0 Å². The highest BCUT2D eigenvalue weighted by Gasteiger charge is 2.15. The third kappa shape index (κ3) is 8.57. The van der Waals surface area contributed by atoms with Gasteiger partial charge >= 0.3 is 0 Å². The van der Waals surface area contributed by atoms with Gasteiger partial charge in [-0.25, -0.2) is 10.9 Å². The van der Waals surface area contributed by atoms with Crippen LogP contribution in [0.4, 0.5) is 11.4 Å². The maximum atomic E-state index is 12.1. The summed E-state index contributed by atoms with van der Waals surface area (Å²) in [4.78, 5) is 45.8. The summed E-state index contributed by atoms with van der Waals surface area (Å²) in [6.07, 6.45) is 2.25. The molecule has 0 fully saturated rings. The average molecular weight is 525 g/mol. The molecule has 0 saturated carbocycles. The number of nitro groups is 2. The molecule has 0 aliphatic carbocycles. The van der Waals surface area contributed by atoms with Crippen LogP contribution in [0.1, 0.15) is 75.6 Å². The van der Waals surface area contributed by atoms with Gasteiger partial charge in [-0.15, -0.1) is 0 Å². The summed E-state index contributed by atoms with van der Waals surface area (Å²) < 4.78 is 0. The van der Waals surface area contributed by atoms with E-state index in [4.69, 9.17) is 0 Å². The molecule has 0 heterocycles. The van der Waals surface area contributed by atoms with E-state index in [1.807, 2.05) is 13.8 Å². The van der Waals surface area contributed by atoms with Gasteiger partial charge in [-0.05, 0) is 39.5 Å². The molecule has 0 aromatic heterocycles. The van der Waals surface area contributed by atoms with Crippen molar-refractivity contribution in [2.75, 3.05) is 0 Å². The zero-order chi connectivity index (χ0) is 28.2. The molecule has 38 heavy (non-hydrogen) atoms. The van der Waals surface area contributed by atoms with E-state index in [1.54, 1.807) is 38.1 Å². The number of hydrogen-bond acceptors (Lipinski definition) is 8. The van der Waals surface area contributed by atoms with Crippen molar-refractivity contribution in [3.05, 3.63) is 78.9 Å². The summed E-state index contributed by atoms with van der Waals surface area (Å²) in [6, 6.07) is 9.68. The topological polar surface area (TPSA) is 169 Å². The average Bonchev–Trinajstić information content (AvgIpc) is 2.91. The monoisotopic (exact) mass is 524 g/mol. The lowest BCUT2D eigenvalue weighted by Gasteiger charge is -2.06. The molecule has 0 aliphatic rings. The molecule has 0 bridgehead atoms. The van der Waals surface area contributed by atoms with Gasteiger partial charge in [-0.3, -0.25) is 29.8 Å². The van der Waals surface area contributed by atoms with Crippen molar-refractivity contribution in [2.45, 2.75) is 66.2 Å². The van der Waals surface area contributed by atoms with Gasteiger partial charge < -0.3 is 0 Å². The maximum Gasteiger partial charge on any atom is 0.273 e. The highest BCUT2D eigenvalue weighted by molar-refractivity contribution is 6.00. The first-order valence-corrected chi connectivity index (χ1v) is 12.3. The van der Waals surface area contributed by atoms with Gasteiger partial charge in [-0.2, -0.15) is 10.2 Å². The number of unbranched alkanes of at least 4 members (excludes halogenated alkanes) is 1. The number of hydrogen-bond donors (Lipinski definition) is 2. The van der Waals surface area contributed by atoms with Crippen LogP contribution in [0.25, 0.3) is 0 Å². The Kier molecular flexibility index (Phi) is 11.2. The van der Waals surface area contributed by atoms with Gasteiger partial charge in [0.2, 0.25) is 11.8 Å². The Balaban J connectivity index is 1.80. The van der Waals surface area contributed by atoms with E-state index in [-0.39, 0.29) is 36.0 Å². The molecule has 2 rings (SSSR count). The zero-order valence-electron chi connectivity index (χ0n) is 21.9. The predicted octanol–water partition coefficient (Wildman–Crippen LogP) is 4.57. The largest absolute Gasteiger partial charge is 0.273 e. The fourth-order valence-electron chi connectivity index (χ4n) is 3.62. The van der Waals surface area contributed by atoms with Crippen LogP contribution in [-0.2, 0) is 22.4 Å². The smallest absolute Gasteiger partial charge is 0.273 e. The molecule has 0 atom stereocenters. The predicted molar refractivity (Wildman–Crippen MR) is 144 cm³/mol. The van der Waals surface area contributed by atoms with Gasteiger partial charge in [0, 0.05) is 47.2 Å². The molecule has 0 unspecified atom stereocenters. The van der Waals surface area contributed by atoms with Crippen LogP contribution in [0.2, 0.25) is 0 Å². The van der Waals surface area contributed by atoms with Crippen molar-refractivity contribution < 1.29 is 19.4 Å². The van der Waals surface area contributed by atoms with E-state index in [2.05, 4.69) is 21.1 Å². The molecule has 202 valence electrons. The van der Waals surface area contributed by atoms with Crippen molar-refractivity contribution in [3.8, 4) is 0 Å². The fraction of sp³-hybridized carbons (Fsp3) is 0.385. The Morgan fingerprint density at radius 2 is 1.11 bits per heavy atom. The third-order valence-electron chi connectivity index (χ3n) is 5.92. The van der Waals surface area contributed by atoms with Crippen LogP contribution < -0.4 is 10.9 Å². The van der Waals surface area contributed by atoms with Crippen molar-refractivity contribution in [3.63, 3.8) is 0 Å². The van der Waals surface area contributed by atoms with E-state index in [0.717, 1.165) is 0 Å². The van der Waals surface area contributed by atoms with Crippen LogP contribution in [-0.4, -0.2) is 33.1 Å². The van der Waals surface area contributed by atoms with Gasteiger partial charge in [-0.1, -0.05) is 38.1 Å². The minimum Gasteiger partial charge on any atom is -0.273 e. The first-order valence-electron chi connectivity index (χ1n) is 12.3. The number of hydrazone groups is 2. The summed E-state index contributed by atoms with van der Waals surface area (Å²) >= 11 is 0. The Morgan fingerprint density at radius 1 is 0.737 bits per heavy atom. The normalized spacial score (nSPS) is 11.7. The van der Waals surface area contributed by atoms with Crippen molar-refractivity contribution in [1.82, 2.24) is 10.9 Å². The van der Waals surface area contributed by atoms with Crippen molar-refractivity contribution >= 4 is 34.6 Å². The molecule has 12 nitrogen and oxygen atoms in total. The number of carbonyl (C=O) groups excluding carboxylic acids is 2. The maximum absolute atomic E-state index is 12.1. The molecule has 0 aliphatic heterocycles. The lowest BCUT2D eigenvalue weighted by Crippen LogP contribution is -2.20. The minimum atomic E-state index is -0.438. The number of carbonyl (C=O) groups is 2. The fourth-order valence-corrected chi connectivity index (χ4v) is 3.62. The summed E-state index contributed by atoms with van der Waals surface area (Å²) in [5.74, 6) is -0.675. The first kappa shape index (κ1) is 29.7. The zero-order valence-corrected chi connectivity index (χ0v) is 21.9. The molecule has 2 aromatic rings. The molecule has 0 spiro atoms. The van der Waals surface area contributed by atoms with Crippen LogP contribution in [0.3, 0.4) is 0 Å². The van der Waals surface area contributed by atoms with Crippen LogP contribution in [0.5, 0.6) is 0 Å². The second-order valence-electron chi connectivity index (χ2n) is 8.58. The van der Waals surface area contributed by atoms with Crippen LogP contribution in [0, 0.1) is 20.2 Å². The number of benzene rings is 2. The number of nitrogens with one attached hydrogen (secondary N) is 2. The second kappa shape index (κ2) is 14.3. The molecular formula is C26H32N6O6. The summed E-state index contributed by atoms with van der Waals surface area (Å²) in [5.41, 5.74) is 8.09. The SMILES string of the molecule is CCc1ccc(/C(C)=N\NC(=O)CCCCC(=O)N/N=C(/C)c2ccc(CC)c([N+](=O)[O-])c2)cc1[N+](=O)[O-]. The molecule has 2 aromatic carbocycles. The van der Waals surface area contributed by atoms with Crippen LogP contribution >= 0.6 is 0 Å². The quantitative estimate of drug-likeness (QED) is 0.168. The Hall–Kier alpha value is -4.48. The molecule has 2 N–H and O–H groups in total. The number of nitro benzene ring substituents is 2. The van der Waals surface area contributed by atoms with E-state index >= 15 is 0 Å². The van der Waals surface area contributed by atoms with E-state index < -0.39 is 9.85 Å². The lowest BCUT2D eigenvalue weighted by atomic mass is 10.0. The lowest BCUT2D eigenvalue weighted by molar-refractivity contribution is -0.385. The van der Waals surface area contributed by atoms with Crippen molar-refractivity contribution in [2.24, 2.45) is 10.2 Å². The summed E-state index contributed by atoms with van der Waals surface area (Å²) in [5, 5.41) is 30.5.